The maximum absolute atomic E-state index is 12.6. The molecule has 0 radical (unpaired) electrons. The van der Waals surface area contributed by atoms with Crippen LogP contribution in [-0.2, 0) is 37.1 Å². The summed E-state index contributed by atoms with van der Waals surface area (Å²) >= 11 is 0. The van der Waals surface area contributed by atoms with Crippen molar-refractivity contribution in [3.8, 4) is 0 Å². The van der Waals surface area contributed by atoms with Gasteiger partial charge < -0.3 is 9.47 Å². The fraction of sp³-hybridized carbons (Fsp3) is 0.208. The average Bonchev–Trinajstić information content (AvgIpc) is 2.76. The second-order valence-electron chi connectivity index (χ2n) is 6.32. The van der Waals surface area contributed by atoms with E-state index in [1.54, 1.807) is 31.2 Å². The molecule has 0 spiro atoms. The SMILES string of the molecule is C/C=C/CC(=O)/C(C(=O)OCc1ccccc1)=C(\C)C(=O)OCc1ccccc1. The minimum atomic E-state index is -0.836. The van der Waals surface area contributed by atoms with Crippen molar-refractivity contribution in [2.24, 2.45) is 0 Å². The van der Waals surface area contributed by atoms with Crippen LogP contribution >= 0.6 is 0 Å². The zero-order valence-corrected chi connectivity index (χ0v) is 16.6. The largest absolute Gasteiger partial charge is 0.457 e. The number of esters is 2. The van der Waals surface area contributed by atoms with E-state index in [1.165, 1.54) is 6.92 Å². The quantitative estimate of drug-likeness (QED) is 0.209. The van der Waals surface area contributed by atoms with Gasteiger partial charge in [0.15, 0.2) is 5.78 Å². The molecule has 0 unspecified atom stereocenters. The molecule has 0 atom stereocenters. The Hall–Kier alpha value is -3.47. The predicted octanol–water partition coefficient (Wildman–Crippen LogP) is 4.33. The van der Waals surface area contributed by atoms with Gasteiger partial charge in [-0.05, 0) is 25.0 Å². The number of hydrogen-bond donors (Lipinski definition) is 0. The van der Waals surface area contributed by atoms with Gasteiger partial charge in [0, 0.05) is 6.42 Å². The fourth-order valence-corrected chi connectivity index (χ4v) is 2.53. The monoisotopic (exact) mass is 392 g/mol. The Kier molecular flexibility index (Phi) is 8.57. The Bertz CT molecular complexity index is 895. The smallest absolute Gasteiger partial charge is 0.342 e. The lowest BCUT2D eigenvalue weighted by Crippen LogP contribution is -2.21. The molecule has 0 N–H and O–H groups in total. The van der Waals surface area contributed by atoms with E-state index in [4.69, 9.17) is 9.47 Å². The summed E-state index contributed by atoms with van der Waals surface area (Å²) in [5.74, 6) is -2.05. The number of carbonyl (C=O) groups excluding carboxylic acids is 3. The molecule has 29 heavy (non-hydrogen) atoms. The van der Waals surface area contributed by atoms with Gasteiger partial charge in [-0.15, -0.1) is 0 Å². The zero-order valence-electron chi connectivity index (χ0n) is 16.6. The molecular formula is C24H24O5. The van der Waals surface area contributed by atoms with Crippen LogP contribution in [0.5, 0.6) is 0 Å². The highest BCUT2D eigenvalue weighted by Crippen LogP contribution is 2.15. The minimum absolute atomic E-state index is 0.00439. The first kappa shape index (κ1) is 21.8. The summed E-state index contributed by atoms with van der Waals surface area (Å²) < 4.78 is 10.5. The highest BCUT2D eigenvalue weighted by molar-refractivity contribution is 6.21. The molecule has 150 valence electrons. The predicted molar refractivity (Wildman–Crippen MR) is 110 cm³/mol. The van der Waals surface area contributed by atoms with E-state index in [0.717, 1.165) is 11.1 Å². The number of rotatable bonds is 9. The third-order valence-electron chi connectivity index (χ3n) is 4.13. The molecule has 2 aromatic carbocycles. The fourth-order valence-electron chi connectivity index (χ4n) is 2.53. The molecule has 5 heteroatoms. The van der Waals surface area contributed by atoms with Crippen LogP contribution in [0.15, 0.2) is 84.0 Å². The summed E-state index contributed by atoms with van der Waals surface area (Å²) in [6.07, 6.45) is 3.32. The van der Waals surface area contributed by atoms with E-state index in [2.05, 4.69) is 0 Å². The van der Waals surface area contributed by atoms with E-state index >= 15 is 0 Å². The van der Waals surface area contributed by atoms with Crippen LogP contribution in [0.1, 0.15) is 31.4 Å². The number of allylic oxidation sites excluding steroid dienone is 2. The minimum Gasteiger partial charge on any atom is -0.457 e. The molecule has 0 bridgehead atoms. The topological polar surface area (TPSA) is 69.7 Å². The molecule has 0 saturated carbocycles. The Labute approximate surface area is 170 Å². The van der Waals surface area contributed by atoms with Gasteiger partial charge in [0.1, 0.15) is 18.8 Å². The van der Waals surface area contributed by atoms with Gasteiger partial charge in [-0.3, -0.25) is 4.79 Å². The molecule has 5 nitrogen and oxygen atoms in total. The molecule has 0 fully saturated rings. The second-order valence-corrected chi connectivity index (χ2v) is 6.32. The van der Waals surface area contributed by atoms with Crippen molar-refractivity contribution in [3.05, 3.63) is 95.1 Å². The van der Waals surface area contributed by atoms with E-state index in [0.29, 0.717) is 0 Å². The van der Waals surface area contributed by atoms with Crippen LogP contribution in [0.25, 0.3) is 0 Å². The van der Waals surface area contributed by atoms with Gasteiger partial charge in [-0.1, -0.05) is 72.8 Å². The molecule has 0 amide bonds. The average molecular weight is 392 g/mol. The molecule has 0 aliphatic rings. The number of Topliss-reactive ketones (excluding diaryl/α,β-unsaturated/α-hetero) is 1. The lowest BCUT2D eigenvalue weighted by Gasteiger charge is -2.11. The van der Waals surface area contributed by atoms with Crippen LogP contribution in [0.3, 0.4) is 0 Å². The Morgan fingerprint density at radius 1 is 0.793 bits per heavy atom. The van der Waals surface area contributed by atoms with Crippen LogP contribution in [0.4, 0.5) is 0 Å². The number of benzene rings is 2. The summed E-state index contributed by atoms with van der Waals surface area (Å²) in [5, 5.41) is 0. The lowest BCUT2D eigenvalue weighted by molar-refractivity contribution is -0.144. The van der Waals surface area contributed by atoms with Crippen molar-refractivity contribution in [1.29, 1.82) is 0 Å². The third-order valence-corrected chi connectivity index (χ3v) is 4.13. The molecule has 0 saturated heterocycles. The maximum atomic E-state index is 12.6. The number of ether oxygens (including phenoxy) is 2. The molecule has 0 aliphatic carbocycles. The molecule has 0 heterocycles. The maximum Gasteiger partial charge on any atom is 0.342 e. The second kappa shape index (κ2) is 11.4. The molecule has 2 aromatic rings. The van der Waals surface area contributed by atoms with Crippen LogP contribution < -0.4 is 0 Å². The summed E-state index contributed by atoms with van der Waals surface area (Å²) in [6.45, 7) is 3.23. The van der Waals surface area contributed by atoms with Crippen LogP contribution in [-0.4, -0.2) is 17.7 Å². The van der Waals surface area contributed by atoms with Gasteiger partial charge in [-0.2, -0.15) is 0 Å². The van der Waals surface area contributed by atoms with Gasteiger partial charge in [-0.25, -0.2) is 9.59 Å². The number of ketones is 1. The molecular weight excluding hydrogens is 368 g/mol. The van der Waals surface area contributed by atoms with Crippen molar-refractivity contribution in [2.75, 3.05) is 0 Å². The summed E-state index contributed by atoms with van der Waals surface area (Å²) in [5.41, 5.74) is 1.25. The lowest BCUT2D eigenvalue weighted by atomic mass is 10.0. The highest BCUT2D eigenvalue weighted by Gasteiger charge is 2.26. The standard InChI is InChI=1S/C24H24O5/c1-3-4-15-21(25)22(24(27)29-17-20-13-9-6-10-14-20)18(2)23(26)28-16-19-11-7-5-8-12-19/h3-14H,15-17H2,1-2H3/b4-3+,22-18-. The van der Waals surface area contributed by atoms with E-state index in [9.17, 15) is 14.4 Å². The van der Waals surface area contributed by atoms with Gasteiger partial charge in [0.05, 0.1) is 5.57 Å². The first-order valence-electron chi connectivity index (χ1n) is 9.30. The first-order chi connectivity index (χ1) is 14.0. The molecule has 0 aromatic heterocycles. The van der Waals surface area contributed by atoms with Crippen LogP contribution in [0, 0.1) is 0 Å². The van der Waals surface area contributed by atoms with E-state index < -0.39 is 17.7 Å². The van der Waals surface area contributed by atoms with Crippen LogP contribution in [0.2, 0.25) is 0 Å². The van der Waals surface area contributed by atoms with Crippen molar-refractivity contribution in [2.45, 2.75) is 33.5 Å². The highest BCUT2D eigenvalue weighted by atomic mass is 16.5. The van der Waals surface area contributed by atoms with E-state index in [1.807, 2.05) is 48.5 Å². The summed E-state index contributed by atoms with van der Waals surface area (Å²) in [4.78, 5) is 37.6. The van der Waals surface area contributed by atoms with Gasteiger partial charge >= 0.3 is 11.9 Å². The van der Waals surface area contributed by atoms with Crippen molar-refractivity contribution in [3.63, 3.8) is 0 Å². The zero-order chi connectivity index (χ0) is 21.1. The number of carbonyl (C=O) groups is 3. The Morgan fingerprint density at radius 2 is 1.28 bits per heavy atom. The van der Waals surface area contributed by atoms with E-state index in [-0.39, 0.29) is 30.8 Å². The first-order valence-corrected chi connectivity index (χ1v) is 9.30. The van der Waals surface area contributed by atoms with Gasteiger partial charge in [0.2, 0.25) is 0 Å². The number of hydrogen-bond acceptors (Lipinski definition) is 5. The molecule has 0 aliphatic heterocycles. The van der Waals surface area contributed by atoms with Crippen molar-refractivity contribution < 1.29 is 23.9 Å². The van der Waals surface area contributed by atoms with Crippen molar-refractivity contribution in [1.82, 2.24) is 0 Å². The summed E-state index contributed by atoms with van der Waals surface area (Å²) in [6, 6.07) is 18.3. The normalized spacial score (nSPS) is 11.7. The Morgan fingerprint density at radius 3 is 1.76 bits per heavy atom. The Balaban J connectivity index is 2.16. The summed E-state index contributed by atoms with van der Waals surface area (Å²) in [7, 11) is 0. The van der Waals surface area contributed by atoms with Crippen molar-refractivity contribution >= 4 is 17.7 Å². The molecule has 2 rings (SSSR count). The van der Waals surface area contributed by atoms with Gasteiger partial charge in [0.25, 0.3) is 0 Å². The third kappa shape index (κ3) is 6.88.